The first-order chi connectivity index (χ1) is 12.3. The van der Waals surface area contributed by atoms with Crippen LogP contribution >= 0.6 is 0 Å². The monoisotopic (exact) mass is 362 g/mol. The van der Waals surface area contributed by atoms with E-state index in [-0.39, 0.29) is 12.2 Å². The van der Waals surface area contributed by atoms with Crippen LogP contribution in [0.3, 0.4) is 0 Å². The summed E-state index contributed by atoms with van der Waals surface area (Å²) in [5.41, 5.74) is 0.811. The Morgan fingerprint density at radius 2 is 1.62 bits per heavy atom. The lowest BCUT2D eigenvalue weighted by atomic mass is 9.43. The van der Waals surface area contributed by atoms with E-state index in [0.717, 1.165) is 37.0 Å². The standard InChI is InChI=1S/C24H42O2/c1-5-6-15(2)18-7-8-19-22-20(10-12-24(18,19)4)23(3)11-9-17(25)13-16(23)14-21(22)26/h15-22,25-26H,5-14H2,1-4H3/t15-,16+,17-,18-,19?,20+,21-,22+,23+,24-/m1/s1. The Kier molecular flexibility index (Phi) is 5.01. The van der Waals surface area contributed by atoms with Crippen molar-refractivity contribution >= 4 is 0 Å². The van der Waals surface area contributed by atoms with Crippen molar-refractivity contribution in [1.82, 2.24) is 0 Å². The van der Waals surface area contributed by atoms with Gasteiger partial charge in [0.25, 0.3) is 0 Å². The molecule has 150 valence electrons. The normalized spacial score (nSPS) is 54.9. The number of aliphatic hydroxyl groups excluding tert-OH is 2. The molecule has 4 fully saturated rings. The molecule has 1 unspecified atom stereocenters. The van der Waals surface area contributed by atoms with Gasteiger partial charge in [0.15, 0.2) is 0 Å². The second kappa shape index (κ2) is 6.76. The van der Waals surface area contributed by atoms with Gasteiger partial charge in [0.05, 0.1) is 12.2 Å². The van der Waals surface area contributed by atoms with E-state index in [4.69, 9.17) is 0 Å². The first-order valence-electron chi connectivity index (χ1n) is 11.7. The van der Waals surface area contributed by atoms with Gasteiger partial charge in [0.2, 0.25) is 0 Å². The highest BCUT2D eigenvalue weighted by molar-refractivity contribution is 5.11. The van der Waals surface area contributed by atoms with E-state index in [1.165, 1.54) is 44.9 Å². The molecule has 0 bridgehead atoms. The maximum atomic E-state index is 11.3. The van der Waals surface area contributed by atoms with Crippen molar-refractivity contribution in [2.45, 2.75) is 104 Å². The third-order valence-electron chi connectivity index (χ3n) is 10.2. The van der Waals surface area contributed by atoms with E-state index in [1.807, 2.05) is 0 Å². The fourth-order valence-electron chi connectivity index (χ4n) is 8.83. The minimum absolute atomic E-state index is 0.128. The summed E-state index contributed by atoms with van der Waals surface area (Å²) in [5.74, 6) is 4.15. The Bertz CT molecular complexity index is 518. The second-order valence-corrected chi connectivity index (χ2v) is 11.2. The molecule has 0 spiro atoms. The van der Waals surface area contributed by atoms with Crippen molar-refractivity contribution in [3.05, 3.63) is 0 Å². The average molecular weight is 363 g/mol. The lowest BCUT2D eigenvalue weighted by Gasteiger charge is -2.62. The molecule has 26 heavy (non-hydrogen) atoms. The molecule has 4 aliphatic carbocycles. The predicted molar refractivity (Wildman–Crippen MR) is 107 cm³/mol. The van der Waals surface area contributed by atoms with Crippen molar-refractivity contribution in [3.8, 4) is 0 Å². The van der Waals surface area contributed by atoms with E-state index >= 15 is 0 Å². The molecule has 10 atom stereocenters. The molecule has 0 aromatic heterocycles. The van der Waals surface area contributed by atoms with Gasteiger partial charge < -0.3 is 10.2 Å². The van der Waals surface area contributed by atoms with Crippen LogP contribution in [0.2, 0.25) is 0 Å². The zero-order valence-electron chi connectivity index (χ0n) is 17.6. The summed E-state index contributed by atoms with van der Waals surface area (Å²) < 4.78 is 0. The third-order valence-corrected chi connectivity index (χ3v) is 10.2. The summed E-state index contributed by atoms with van der Waals surface area (Å²) in [6, 6.07) is 0. The van der Waals surface area contributed by atoms with Crippen LogP contribution in [0.15, 0.2) is 0 Å². The van der Waals surface area contributed by atoms with Crippen LogP contribution in [0, 0.1) is 46.3 Å². The molecule has 2 heteroatoms. The van der Waals surface area contributed by atoms with E-state index in [1.54, 1.807) is 0 Å². The molecule has 4 rings (SSSR count). The highest BCUT2D eigenvalue weighted by Gasteiger charge is 2.62. The van der Waals surface area contributed by atoms with Gasteiger partial charge in [-0.25, -0.2) is 0 Å². The fraction of sp³-hybridized carbons (Fsp3) is 1.00. The van der Waals surface area contributed by atoms with Gasteiger partial charge >= 0.3 is 0 Å². The van der Waals surface area contributed by atoms with E-state index < -0.39 is 0 Å². The highest BCUT2D eigenvalue weighted by Crippen LogP contribution is 2.68. The van der Waals surface area contributed by atoms with E-state index in [9.17, 15) is 10.2 Å². The summed E-state index contributed by atoms with van der Waals surface area (Å²) in [6.07, 6.45) is 11.8. The SMILES string of the molecule is CCC[C@@H](C)[C@H]1CCC2[C@@H]3[C@H](O)C[C@@H]4C[C@H](O)CC[C@]4(C)[C@H]3CC[C@@]21C. The smallest absolute Gasteiger partial charge is 0.0577 e. The quantitative estimate of drug-likeness (QED) is 0.704. The van der Waals surface area contributed by atoms with Gasteiger partial charge in [0, 0.05) is 0 Å². The fourth-order valence-corrected chi connectivity index (χ4v) is 8.83. The Morgan fingerprint density at radius 1 is 0.923 bits per heavy atom. The lowest BCUT2D eigenvalue weighted by Crippen LogP contribution is -2.58. The Labute approximate surface area is 161 Å². The molecule has 0 aliphatic heterocycles. The first kappa shape index (κ1) is 19.2. The van der Waals surface area contributed by atoms with Crippen LogP contribution in [0.4, 0.5) is 0 Å². The van der Waals surface area contributed by atoms with Crippen LogP contribution in [0.25, 0.3) is 0 Å². The van der Waals surface area contributed by atoms with Crippen LogP contribution in [0.5, 0.6) is 0 Å². The van der Waals surface area contributed by atoms with Gasteiger partial charge in [-0.05, 0) is 97.7 Å². The maximum Gasteiger partial charge on any atom is 0.0577 e. The largest absolute Gasteiger partial charge is 0.393 e. The van der Waals surface area contributed by atoms with Crippen molar-refractivity contribution < 1.29 is 10.2 Å². The molecule has 0 saturated heterocycles. The Morgan fingerprint density at radius 3 is 2.35 bits per heavy atom. The Hall–Kier alpha value is -0.0800. The molecule has 0 aromatic carbocycles. The maximum absolute atomic E-state index is 11.3. The molecule has 2 nitrogen and oxygen atoms in total. The molecular formula is C24H42O2. The second-order valence-electron chi connectivity index (χ2n) is 11.2. The van der Waals surface area contributed by atoms with Crippen LogP contribution in [-0.4, -0.2) is 22.4 Å². The molecule has 0 radical (unpaired) electrons. The van der Waals surface area contributed by atoms with E-state index in [0.29, 0.717) is 28.6 Å². The van der Waals surface area contributed by atoms with Crippen molar-refractivity contribution in [1.29, 1.82) is 0 Å². The summed E-state index contributed by atoms with van der Waals surface area (Å²) in [4.78, 5) is 0. The molecule has 2 N–H and O–H groups in total. The van der Waals surface area contributed by atoms with Crippen molar-refractivity contribution in [2.75, 3.05) is 0 Å². The van der Waals surface area contributed by atoms with Crippen molar-refractivity contribution in [2.24, 2.45) is 46.3 Å². The first-order valence-corrected chi connectivity index (χ1v) is 11.7. The molecule has 4 saturated carbocycles. The summed E-state index contributed by atoms with van der Waals surface area (Å²) in [5, 5.41) is 21.5. The van der Waals surface area contributed by atoms with Gasteiger partial charge in [0.1, 0.15) is 0 Å². The zero-order chi connectivity index (χ0) is 18.7. The number of rotatable bonds is 3. The number of aliphatic hydroxyl groups is 2. The minimum Gasteiger partial charge on any atom is -0.393 e. The molecule has 0 aromatic rings. The Balaban J connectivity index is 1.61. The number of fused-ring (bicyclic) bond motifs is 5. The lowest BCUT2D eigenvalue weighted by molar-refractivity contribution is -0.174. The van der Waals surface area contributed by atoms with Gasteiger partial charge in [-0.2, -0.15) is 0 Å². The summed E-state index contributed by atoms with van der Waals surface area (Å²) >= 11 is 0. The molecule has 0 heterocycles. The minimum atomic E-state index is -0.131. The van der Waals surface area contributed by atoms with Gasteiger partial charge in [-0.15, -0.1) is 0 Å². The third kappa shape index (κ3) is 2.72. The average Bonchev–Trinajstić information content (AvgIpc) is 2.94. The number of hydrogen-bond acceptors (Lipinski definition) is 2. The number of hydrogen-bond donors (Lipinski definition) is 2. The topological polar surface area (TPSA) is 40.5 Å². The molecule has 0 amide bonds. The predicted octanol–water partition coefficient (Wildman–Crippen LogP) is 5.41. The molecule has 4 aliphatic rings. The molecular weight excluding hydrogens is 320 g/mol. The zero-order valence-corrected chi connectivity index (χ0v) is 17.6. The van der Waals surface area contributed by atoms with Crippen LogP contribution in [-0.2, 0) is 0 Å². The van der Waals surface area contributed by atoms with E-state index in [2.05, 4.69) is 27.7 Å². The van der Waals surface area contributed by atoms with Gasteiger partial charge in [-0.3, -0.25) is 0 Å². The highest BCUT2D eigenvalue weighted by atomic mass is 16.3. The van der Waals surface area contributed by atoms with Crippen LogP contribution in [0.1, 0.15) is 91.9 Å². The van der Waals surface area contributed by atoms with Crippen molar-refractivity contribution in [3.63, 3.8) is 0 Å². The van der Waals surface area contributed by atoms with Crippen LogP contribution < -0.4 is 0 Å². The summed E-state index contributed by atoms with van der Waals surface area (Å²) in [6.45, 7) is 9.92. The summed E-state index contributed by atoms with van der Waals surface area (Å²) in [7, 11) is 0. The van der Waals surface area contributed by atoms with Gasteiger partial charge in [-0.1, -0.05) is 40.5 Å².